The van der Waals surface area contributed by atoms with Crippen molar-refractivity contribution < 1.29 is 17.9 Å². The fraction of sp³-hybridized carbons (Fsp3) is 0.667. The molecular weight excluding hydrogens is 354 g/mol. The molecule has 24 heavy (non-hydrogen) atoms. The molecule has 7 nitrogen and oxygen atoms in total. The van der Waals surface area contributed by atoms with E-state index >= 15 is 0 Å². The van der Waals surface area contributed by atoms with Gasteiger partial charge in [-0.25, -0.2) is 23.2 Å². The molecule has 3 rings (SSSR count). The number of carbonyl (C=O) groups is 1. The zero-order valence-electron chi connectivity index (χ0n) is 14.0. The Balaban J connectivity index is 1.70. The van der Waals surface area contributed by atoms with Crippen LogP contribution >= 0.6 is 11.6 Å². The minimum absolute atomic E-state index is 0.115. The molecule has 0 N–H and O–H groups in total. The number of likely N-dealkylation sites (tertiary alicyclic amines) is 1. The molecule has 0 bridgehead atoms. The summed E-state index contributed by atoms with van der Waals surface area (Å²) in [7, 11) is -3.51. The van der Waals surface area contributed by atoms with E-state index in [0.717, 1.165) is 6.26 Å². The number of halogens is 1. The number of hydrogen-bond acceptors (Lipinski definition) is 6. The molecule has 2 heterocycles. The Morgan fingerprint density at radius 1 is 1.29 bits per heavy atom. The van der Waals surface area contributed by atoms with Gasteiger partial charge < -0.3 is 9.64 Å². The van der Waals surface area contributed by atoms with Gasteiger partial charge in [0.25, 0.3) is 0 Å². The highest BCUT2D eigenvalue weighted by molar-refractivity contribution is 7.90. The summed E-state index contributed by atoms with van der Waals surface area (Å²) in [5.74, 6) is 0.636. The van der Waals surface area contributed by atoms with Crippen LogP contribution in [-0.2, 0) is 14.6 Å². The Morgan fingerprint density at radius 3 is 2.38 bits per heavy atom. The normalized spacial score (nSPS) is 26.2. The molecule has 1 saturated carbocycles. The fourth-order valence-corrected chi connectivity index (χ4v) is 3.97. The maximum atomic E-state index is 12.1. The largest absolute Gasteiger partial charge is 0.444 e. The molecule has 1 aromatic rings. The van der Waals surface area contributed by atoms with Crippen molar-refractivity contribution in [2.75, 3.05) is 19.3 Å². The predicted molar refractivity (Wildman–Crippen MR) is 87.7 cm³/mol. The molecule has 0 spiro atoms. The third-order valence-corrected chi connectivity index (χ3v) is 5.25. The topological polar surface area (TPSA) is 89.5 Å². The van der Waals surface area contributed by atoms with Gasteiger partial charge in [-0.1, -0.05) is 11.6 Å². The molecular formula is C15H20ClN3O4S. The molecule has 1 amide bonds. The van der Waals surface area contributed by atoms with Crippen LogP contribution < -0.4 is 0 Å². The molecule has 1 aliphatic heterocycles. The Bertz CT molecular complexity index is 778. The van der Waals surface area contributed by atoms with Gasteiger partial charge in [-0.05, 0) is 38.7 Å². The van der Waals surface area contributed by atoms with Crippen LogP contribution in [0, 0.1) is 11.8 Å². The first-order valence-corrected chi connectivity index (χ1v) is 9.95. The molecule has 1 aliphatic carbocycles. The summed E-state index contributed by atoms with van der Waals surface area (Å²) in [6, 6.07) is 1.61. The van der Waals surface area contributed by atoms with Crippen LogP contribution in [0.5, 0.6) is 0 Å². The van der Waals surface area contributed by atoms with Crippen molar-refractivity contribution in [3.8, 4) is 0 Å². The standard InChI is InChI=1S/C15H20ClN3O4S/c1-15(2,3)23-14(20)19-6-8-9(7-19)12(8)10-5-11(16)18-13(17-10)24(4,21)22/h5,8-9,12H,6-7H2,1-4H3. The number of fused-ring (bicyclic) bond motifs is 1. The Hall–Kier alpha value is -1.41. The number of piperidine rings is 1. The van der Waals surface area contributed by atoms with Gasteiger partial charge in [0.1, 0.15) is 10.8 Å². The van der Waals surface area contributed by atoms with Crippen molar-refractivity contribution in [1.29, 1.82) is 0 Å². The van der Waals surface area contributed by atoms with Crippen LogP contribution in [0.4, 0.5) is 4.79 Å². The van der Waals surface area contributed by atoms with E-state index in [1.807, 2.05) is 20.8 Å². The van der Waals surface area contributed by atoms with E-state index in [-0.39, 0.29) is 34.2 Å². The van der Waals surface area contributed by atoms with Crippen LogP contribution in [0.1, 0.15) is 32.4 Å². The van der Waals surface area contributed by atoms with Crippen LogP contribution in [0.3, 0.4) is 0 Å². The van der Waals surface area contributed by atoms with E-state index in [4.69, 9.17) is 16.3 Å². The minimum atomic E-state index is -3.51. The summed E-state index contributed by atoms with van der Waals surface area (Å²) in [6.07, 6.45) is 0.742. The summed E-state index contributed by atoms with van der Waals surface area (Å²) in [4.78, 5) is 21.7. The summed E-state index contributed by atoms with van der Waals surface area (Å²) in [6.45, 7) is 6.67. The van der Waals surface area contributed by atoms with Crippen LogP contribution in [0.15, 0.2) is 11.2 Å². The molecule has 2 aliphatic rings. The zero-order valence-corrected chi connectivity index (χ0v) is 15.6. The molecule has 0 aromatic carbocycles. The third kappa shape index (κ3) is 3.49. The Labute approximate surface area is 146 Å². The van der Waals surface area contributed by atoms with Crippen molar-refractivity contribution in [1.82, 2.24) is 14.9 Å². The lowest BCUT2D eigenvalue weighted by Crippen LogP contribution is -2.36. The monoisotopic (exact) mass is 373 g/mol. The lowest BCUT2D eigenvalue weighted by atomic mass is 10.2. The van der Waals surface area contributed by atoms with E-state index in [0.29, 0.717) is 18.8 Å². The summed E-state index contributed by atoms with van der Waals surface area (Å²) in [5.41, 5.74) is 0.114. The van der Waals surface area contributed by atoms with E-state index < -0.39 is 15.4 Å². The second-order valence-electron chi connectivity index (χ2n) is 7.41. The molecule has 9 heteroatoms. The maximum Gasteiger partial charge on any atom is 0.410 e. The first-order chi connectivity index (χ1) is 11.0. The highest BCUT2D eigenvalue weighted by Gasteiger charge is 2.58. The van der Waals surface area contributed by atoms with Gasteiger partial charge >= 0.3 is 6.09 Å². The maximum absolute atomic E-state index is 12.1. The average Bonchev–Trinajstić information content (AvgIpc) is 2.89. The number of nitrogens with zero attached hydrogens (tertiary/aromatic N) is 3. The van der Waals surface area contributed by atoms with Crippen LogP contribution in [0.2, 0.25) is 5.15 Å². The first-order valence-electron chi connectivity index (χ1n) is 7.68. The second kappa shape index (κ2) is 5.56. The molecule has 2 atom stereocenters. The minimum Gasteiger partial charge on any atom is -0.444 e. The van der Waals surface area contributed by atoms with Gasteiger partial charge in [0.15, 0.2) is 0 Å². The number of amides is 1. The van der Waals surface area contributed by atoms with Crippen molar-refractivity contribution in [3.05, 3.63) is 16.9 Å². The van der Waals surface area contributed by atoms with E-state index in [2.05, 4.69) is 9.97 Å². The van der Waals surface area contributed by atoms with Gasteiger partial charge in [0.2, 0.25) is 15.0 Å². The van der Waals surface area contributed by atoms with E-state index in [1.54, 1.807) is 11.0 Å². The van der Waals surface area contributed by atoms with E-state index in [9.17, 15) is 13.2 Å². The quantitative estimate of drug-likeness (QED) is 0.582. The summed E-state index contributed by atoms with van der Waals surface area (Å²) in [5, 5.41) is -0.131. The van der Waals surface area contributed by atoms with Crippen molar-refractivity contribution >= 4 is 27.5 Å². The van der Waals surface area contributed by atoms with Crippen LogP contribution in [0.25, 0.3) is 0 Å². The third-order valence-electron chi connectivity index (χ3n) is 4.21. The smallest absolute Gasteiger partial charge is 0.410 e. The number of ether oxygens (including phenoxy) is 1. The van der Waals surface area contributed by atoms with Crippen LogP contribution in [-0.4, -0.2) is 54.3 Å². The predicted octanol–water partition coefficient (Wildman–Crippen LogP) is 2.11. The highest BCUT2D eigenvalue weighted by Crippen LogP contribution is 2.58. The zero-order chi connectivity index (χ0) is 17.9. The molecule has 2 unspecified atom stereocenters. The van der Waals surface area contributed by atoms with Crippen molar-refractivity contribution in [3.63, 3.8) is 0 Å². The molecule has 1 saturated heterocycles. The molecule has 1 aromatic heterocycles. The average molecular weight is 374 g/mol. The number of rotatable bonds is 2. The fourth-order valence-electron chi connectivity index (χ4n) is 3.19. The SMILES string of the molecule is CC(C)(C)OC(=O)N1CC2C(C1)C2c1cc(Cl)nc(S(C)(=O)=O)n1. The molecule has 132 valence electrons. The van der Waals surface area contributed by atoms with Crippen molar-refractivity contribution in [2.45, 2.75) is 37.4 Å². The lowest BCUT2D eigenvalue weighted by molar-refractivity contribution is 0.0270. The summed E-state index contributed by atoms with van der Waals surface area (Å²) < 4.78 is 28.7. The highest BCUT2D eigenvalue weighted by atomic mass is 35.5. The molecule has 0 radical (unpaired) electrons. The number of sulfone groups is 1. The molecule has 2 fully saturated rings. The summed E-state index contributed by atoms with van der Waals surface area (Å²) >= 11 is 5.94. The number of carbonyl (C=O) groups excluding carboxylic acids is 1. The van der Waals surface area contributed by atoms with E-state index in [1.165, 1.54) is 0 Å². The lowest BCUT2D eigenvalue weighted by Gasteiger charge is -2.25. The van der Waals surface area contributed by atoms with Gasteiger partial charge in [-0.2, -0.15) is 0 Å². The number of hydrogen-bond donors (Lipinski definition) is 0. The van der Waals surface area contributed by atoms with Gasteiger partial charge in [0.05, 0.1) is 5.69 Å². The number of aromatic nitrogens is 2. The first kappa shape index (κ1) is 17.4. The van der Waals surface area contributed by atoms with Gasteiger partial charge in [0, 0.05) is 25.3 Å². The van der Waals surface area contributed by atoms with Gasteiger partial charge in [-0.15, -0.1) is 0 Å². The van der Waals surface area contributed by atoms with Gasteiger partial charge in [-0.3, -0.25) is 0 Å². The van der Waals surface area contributed by atoms with Crippen molar-refractivity contribution in [2.24, 2.45) is 11.8 Å². The second-order valence-corrected chi connectivity index (χ2v) is 9.71. The Kier molecular flexibility index (Phi) is 4.03. The Morgan fingerprint density at radius 2 is 1.88 bits per heavy atom.